The van der Waals surface area contributed by atoms with Gasteiger partial charge in [-0.2, -0.15) is 0 Å². The summed E-state index contributed by atoms with van der Waals surface area (Å²) in [5.74, 6) is 0.327. The number of hydrogen-bond acceptors (Lipinski definition) is 3. The maximum atomic E-state index is 12.1. The van der Waals surface area contributed by atoms with Gasteiger partial charge in [-0.1, -0.05) is 30.9 Å². The molecule has 21 heavy (non-hydrogen) atoms. The van der Waals surface area contributed by atoms with Crippen LogP contribution in [0.15, 0.2) is 18.3 Å². The van der Waals surface area contributed by atoms with Gasteiger partial charge in [-0.05, 0) is 30.9 Å². The first-order chi connectivity index (χ1) is 9.20. The van der Waals surface area contributed by atoms with Gasteiger partial charge in [0, 0.05) is 18.8 Å². The Bertz CT molecular complexity index is 422. The molecule has 0 bridgehead atoms. The number of nitrogens with two attached hydrogens (primary N) is 1. The molecule has 120 valence electrons. The number of aromatic nitrogens is 1. The SMILES string of the molecule is Cl.Cl.NCC(NC(=O)c1ccc(Cl)cn1)C1CCCCC1. The zero-order chi connectivity index (χ0) is 13.7. The van der Waals surface area contributed by atoms with Crippen molar-refractivity contribution in [3.05, 3.63) is 29.0 Å². The van der Waals surface area contributed by atoms with E-state index in [1.165, 1.54) is 25.5 Å². The molecule has 1 fully saturated rings. The summed E-state index contributed by atoms with van der Waals surface area (Å²) < 4.78 is 0. The number of rotatable bonds is 4. The lowest BCUT2D eigenvalue weighted by atomic mass is 9.84. The highest BCUT2D eigenvalue weighted by Gasteiger charge is 2.24. The molecule has 1 heterocycles. The second kappa shape index (κ2) is 10.2. The first-order valence-corrected chi connectivity index (χ1v) is 7.21. The zero-order valence-electron chi connectivity index (χ0n) is 11.8. The molecular formula is C14H22Cl3N3O. The third-order valence-corrected chi connectivity index (χ3v) is 3.97. The van der Waals surface area contributed by atoms with E-state index in [1.54, 1.807) is 12.1 Å². The van der Waals surface area contributed by atoms with Crippen molar-refractivity contribution in [1.82, 2.24) is 10.3 Å². The number of halogens is 3. The molecule has 0 aliphatic heterocycles. The first-order valence-electron chi connectivity index (χ1n) is 6.83. The van der Waals surface area contributed by atoms with Crippen LogP contribution in [0, 0.1) is 5.92 Å². The van der Waals surface area contributed by atoms with Crippen LogP contribution in [0.1, 0.15) is 42.6 Å². The molecule has 3 N–H and O–H groups in total. The molecule has 1 aromatic heterocycles. The molecule has 1 amide bonds. The molecule has 0 spiro atoms. The van der Waals surface area contributed by atoms with Crippen molar-refractivity contribution < 1.29 is 4.79 Å². The molecule has 7 heteroatoms. The third kappa shape index (κ3) is 5.99. The van der Waals surface area contributed by atoms with Crippen LogP contribution in [-0.2, 0) is 0 Å². The summed E-state index contributed by atoms with van der Waals surface area (Å²) in [6, 6.07) is 3.35. The summed E-state index contributed by atoms with van der Waals surface area (Å²) in [4.78, 5) is 16.1. The van der Waals surface area contributed by atoms with E-state index < -0.39 is 0 Å². The van der Waals surface area contributed by atoms with E-state index in [1.807, 2.05) is 0 Å². The molecular weight excluding hydrogens is 333 g/mol. The Labute approximate surface area is 143 Å². The Morgan fingerprint density at radius 2 is 2.00 bits per heavy atom. The minimum absolute atomic E-state index is 0. The molecule has 0 aromatic carbocycles. The summed E-state index contributed by atoms with van der Waals surface area (Å²) in [6.07, 6.45) is 7.54. The smallest absolute Gasteiger partial charge is 0.270 e. The van der Waals surface area contributed by atoms with Crippen molar-refractivity contribution in [2.45, 2.75) is 38.1 Å². The van der Waals surface area contributed by atoms with Crippen molar-refractivity contribution in [3.8, 4) is 0 Å². The largest absolute Gasteiger partial charge is 0.346 e. The number of amides is 1. The van der Waals surface area contributed by atoms with Gasteiger partial charge < -0.3 is 11.1 Å². The molecule has 1 aromatic rings. The Kier molecular flexibility index (Phi) is 9.95. The van der Waals surface area contributed by atoms with Gasteiger partial charge in [-0.3, -0.25) is 4.79 Å². The van der Waals surface area contributed by atoms with Gasteiger partial charge in [0.15, 0.2) is 0 Å². The maximum Gasteiger partial charge on any atom is 0.270 e. The second-order valence-corrected chi connectivity index (χ2v) is 5.51. The van der Waals surface area contributed by atoms with Crippen LogP contribution in [-0.4, -0.2) is 23.5 Å². The van der Waals surface area contributed by atoms with Gasteiger partial charge in [0.2, 0.25) is 0 Å². The lowest BCUT2D eigenvalue weighted by Gasteiger charge is -2.29. The summed E-state index contributed by atoms with van der Waals surface area (Å²) in [7, 11) is 0. The van der Waals surface area contributed by atoms with Crippen molar-refractivity contribution in [3.63, 3.8) is 0 Å². The molecule has 0 radical (unpaired) electrons. The van der Waals surface area contributed by atoms with Crippen LogP contribution >= 0.6 is 36.4 Å². The van der Waals surface area contributed by atoms with E-state index in [4.69, 9.17) is 17.3 Å². The maximum absolute atomic E-state index is 12.1. The minimum Gasteiger partial charge on any atom is -0.346 e. The van der Waals surface area contributed by atoms with Gasteiger partial charge in [-0.15, -0.1) is 24.8 Å². The van der Waals surface area contributed by atoms with Crippen LogP contribution < -0.4 is 11.1 Å². The molecule has 0 saturated heterocycles. The van der Waals surface area contributed by atoms with E-state index in [0.717, 1.165) is 12.8 Å². The lowest BCUT2D eigenvalue weighted by Crippen LogP contribution is -2.46. The van der Waals surface area contributed by atoms with Gasteiger partial charge >= 0.3 is 0 Å². The molecule has 1 aliphatic carbocycles. The Morgan fingerprint density at radius 1 is 1.33 bits per heavy atom. The Balaban J connectivity index is 0.00000200. The van der Waals surface area contributed by atoms with Crippen LogP contribution in [0.2, 0.25) is 5.02 Å². The highest BCUT2D eigenvalue weighted by molar-refractivity contribution is 6.30. The summed E-state index contributed by atoms with van der Waals surface area (Å²) >= 11 is 5.76. The molecule has 1 unspecified atom stereocenters. The van der Waals surface area contributed by atoms with Gasteiger partial charge in [-0.25, -0.2) is 4.98 Å². The molecule has 1 atom stereocenters. The van der Waals surface area contributed by atoms with Crippen LogP contribution in [0.25, 0.3) is 0 Å². The fraction of sp³-hybridized carbons (Fsp3) is 0.571. The van der Waals surface area contributed by atoms with Gasteiger partial charge in [0.25, 0.3) is 5.91 Å². The monoisotopic (exact) mass is 353 g/mol. The predicted molar refractivity (Wildman–Crippen MR) is 90.6 cm³/mol. The number of pyridine rings is 1. The number of nitrogens with one attached hydrogen (secondary N) is 1. The predicted octanol–water partition coefficient (Wildman–Crippen LogP) is 3.22. The minimum atomic E-state index is -0.169. The van der Waals surface area contributed by atoms with E-state index in [-0.39, 0.29) is 36.8 Å². The number of carbonyl (C=O) groups excluding carboxylic acids is 1. The molecule has 1 saturated carbocycles. The zero-order valence-corrected chi connectivity index (χ0v) is 14.1. The third-order valence-electron chi connectivity index (χ3n) is 3.75. The Hall–Kier alpha value is -0.550. The lowest BCUT2D eigenvalue weighted by molar-refractivity contribution is 0.0910. The average molecular weight is 355 g/mol. The number of nitrogens with zero attached hydrogens (tertiary/aromatic N) is 1. The fourth-order valence-corrected chi connectivity index (χ4v) is 2.77. The van der Waals surface area contributed by atoms with Crippen LogP contribution in [0.4, 0.5) is 0 Å². The summed E-state index contributed by atoms with van der Waals surface area (Å²) in [5.41, 5.74) is 6.19. The summed E-state index contributed by atoms with van der Waals surface area (Å²) in [6.45, 7) is 0.476. The van der Waals surface area contributed by atoms with E-state index in [2.05, 4.69) is 10.3 Å². The topological polar surface area (TPSA) is 68.0 Å². The molecule has 2 rings (SSSR count). The quantitative estimate of drug-likeness (QED) is 0.872. The van der Waals surface area contributed by atoms with E-state index >= 15 is 0 Å². The van der Waals surface area contributed by atoms with Gasteiger partial charge in [0.1, 0.15) is 5.69 Å². The Morgan fingerprint density at radius 3 is 2.52 bits per heavy atom. The molecule has 1 aliphatic rings. The highest BCUT2D eigenvalue weighted by atomic mass is 35.5. The number of carbonyl (C=O) groups is 1. The van der Waals surface area contributed by atoms with Crippen molar-refractivity contribution in [2.24, 2.45) is 11.7 Å². The second-order valence-electron chi connectivity index (χ2n) is 5.08. The highest BCUT2D eigenvalue weighted by Crippen LogP contribution is 2.26. The normalized spacial score (nSPS) is 16.3. The fourth-order valence-electron chi connectivity index (χ4n) is 2.66. The average Bonchev–Trinajstić information content (AvgIpc) is 2.46. The van der Waals surface area contributed by atoms with E-state index in [0.29, 0.717) is 23.2 Å². The van der Waals surface area contributed by atoms with Crippen LogP contribution in [0.5, 0.6) is 0 Å². The summed E-state index contributed by atoms with van der Waals surface area (Å²) in [5, 5.41) is 3.53. The van der Waals surface area contributed by atoms with E-state index in [9.17, 15) is 4.79 Å². The van der Waals surface area contributed by atoms with Crippen molar-refractivity contribution in [1.29, 1.82) is 0 Å². The standard InChI is InChI=1S/C14H20ClN3O.2ClH/c15-11-6-7-12(17-9-11)14(19)18-13(8-16)10-4-2-1-3-5-10;;/h6-7,9-10,13H,1-5,8,16H2,(H,18,19);2*1H. The number of hydrogen-bond donors (Lipinski definition) is 2. The van der Waals surface area contributed by atoms with Crippen molar-refractivity contribution >= 4 is 42.3 Å². The van der Waals surface area contributed by atoms with Crippen LogP contribution in [0.3, 0.4) is 0 Å². The first kappa shape index (κ1) is 20.5. The molecule has 4 nitrogen and oxygen atoms in total. The van der Waals surface area contributed by atoms with Gasteiger partial charge in [0.05, 0.1) is 5.02 Å². The van der Waals surface area contributed by atoms with Crippen molar-refractivity contribution in [2.75, 3.05) is 6.54 Å².